The zero-order valence-electron chi connectivity index (χ0n) is 19.6. The van der Waals surface area contributed by atoms with Gasteiger partial charge < -0.3 is 30.1 Å². The first-order valence-corrected chi connectivity index (χ1v) is 11.7. The van der Waals surface area contributed by atoms with E-state index >= 15 is 0 Å². The average molecular weight is 484 g/mol. The number of nitrogens with one attached hydrogen (secondary N) is 3. The zero-order valence-corrected chi connectivity index (χ0v) is 19.6. The van der Waals surface area contributed by atoms with Gasteiger partial charge in [-0.2, -0.15) is 4.98 Å². The van der Waals surface area contributed by atoms with Gasteiger partial charge in [0.15, 0.2) is 12.1 Å². The van der Waals surface area contributed by atoms with Crippen molar-refractivity contribution in [2.24, 2.45) is 0 Å². The molecule has 3 aromatic carbocycles. The highest BCUT2D eigenvalue weighted by molar-refractivity contribution is 5.72. The summed E-state index contributed by atoms with van der Waals surface area (Å²) in [7, 11) is 0. The third-order valence-corrected chi connectivity index (χ3v) is 6.43. The number of hydrogen-bond donors (Lipinski definition) is 4. The summed E-state index contributed by atoms with van der Waals surface area (Å²) in [6, 6.07) is 25.7. The number of aromatic nitrogens is 2. The topological polar surface area (TPSA) is 112 Å². The molecule has 4 N–H and O–H groups in total. The van der Waals surface area contributed by atoms with Gasteiger partial charge in [0, 0.05) is 11.1 Å². The molecule has 2 aliphatic rings. The van der Waals surface area contributed by atoms with Crippen molar-refractivity contribution < 1.29 is 14.6 Å². The molecule has 1 atom stereocenters. The van der Waals surface area contributed by atoms with Crippen LogP contribution in [0.4, 0.5) is 17.5 Å². The highest BCUT2D eigenvalue weighted by Crippen LogP contribution is 2.51. The number of H-pyrrole nitrogens is 1. The van der Waals surface area contributed by atoms with Gasteiger partial charge >= 0.3 is 0 Å². The normalized spacial score (nSPS) is 15.7. The maximum Gasteiger partial charge on any atom is 0.277 e. The Morgan fingerprint density at radius 1 is 1.06 bits per heavy atom. The SMILES string of the molecule is CC(O)OCN1CNc2c1nc(NC1(c3ccccc3)c3ccccc3Oc3ccccc31)[nH]c2=O. The van der Waals surface area contributed by atoms with Crippen molar-refractivity contribution in [2.45, 2.75) is 18.8 Å². The second-order valence-corrected chi connectivity index (χ2v) is 8.72. The summed E-state index contributed by atoms with van der Waals surface area (Å²) in [6.07, 6.45) is -0.940. The molecule has 0 saturated carbocycles. The number of para-hydroxylation sites is 2. The van der Waals surface area contributed by atoms with Crippen LogP contribution in [0, 0.1) is 0 Å². The number of rotatable bonds is 6. The second kappa shape index (κ2) is 8.71. The Morgan fingerprint density at radius 2 is 1.69 bits per heavy atom. The molecule has 36 heavy (non-hydrogen) atoms. The molecule has 9 heteroatoms. The summed E-state index contributed by atoms with van der Waals surface area (Å²) in [6.45, 7) is 1.95. The van der Waals surface area contributed by atoms with Gasteiger partial charge in [-0.3, -0.25) is 9.78 Å². The number of ether oxygens (including phenoxy) is 2. The Kier molecular flexibility index (Phi) is 5.36. The molecule has 182 valence electrons. The van der Waals surface area contributed by atoms with Gasteiger partial charge in [-0.1, -0.05) is 66.7 Å². The molecule has 0 amide bonds. The van der Waals surface area contributed by atoms with E-state index in [2.05, 4.69) is 15.6 Å². The summed E-state index contributed by atoms with van der Waals surface area (Å²) in [4.78, 5) is 22.5. The van der Waals surface area contributed by atoms with E-state index in [0.717, 1.165) is 16.7 Å². The fraction of sp³-hybridized carbons (Fsp3) is 0.185. The Morgan fingerprint density at radius 3 is 2.36 bits per heavy atom. The van der Waals surface area contributed by atoms with E-state index in [4.69, 9.17) is 14.5 Å². The Hall–Kier alpha value is -4.34. The average Bonchev–Trinajstić information content (AvgIpc) is 3.31. The van der Waals surface area contributed by atoms with Crippen molar-refractivity contribution >= 4 is 17.5 Å². The van der Waals surface area contributed by atoms with Crippen LogP contribution in [0.2, 0.25) is 0 Å². The predicted octanol–water partition coefficient (Wildman–Crippen LogP) is 3.78. The van der Waals surface area contributed by atoms with E-state index < -0.39 is 11.8 Å². The van der Waals surface area contributed by atoms with Crippen LogP contribution in [0.25, 0.3) is 0 Å². The smallest absolute Gasteiger partial charge is 0.277 e. The van der Waals surface area contributed by atoms with Crippen molar-refractivity contribution in [3.63, 3.8) is 0 Å². The molecule has 6 rings (SSSR count). The van der Waals surface area contributed by atoms with Crippen molar-refractivity contribution in [3.8, 4) is 11.5 Å². The van der Waals surface area contributed by atoms with Crippen LogP contribution in [0.3, 0.4) is 0 Å². The van der Waals surface area contributed by atoms with E-state index in [-0.39, 0.29) is 12.3 Å². The van der Waals surface area contributed by atoms with Gasteiger partial charge in [0.25, 0.3) is 5.56 Å². The summed E-state index contributed by atoms with van der Waals surface area (Å²) in [5.41, 5.74) is 1.90. The van der Waals surface area contributed by atoms with Crippen LogP contribution in [-0.4, -0.2) is 34.8 Å². The predicted molar refractivity (Wildman–Crippen MR) is 136 cm³/mol. The fourth-order valence-corrected chi connectivity index (χ4v) is 4.84. The molecule has 0 bridgehead atoms. The standard InChI is InChI=1S/C27H25N5O4/c1-17(33)35-16-32-15-28-23-24(32)29-26(30-25(23)34)31-27(18-9-3-2-4-10-18)19-11-5-7-13-21(19)36-22-14-8-6-12-20(22)27/h2-14,17,28,33H,15-16H2,1H3,(H2,29,30,31,34). The fourth-order valence-electron chi connectivity index (χ4n) is 4.84. The molecule has 0 saturated heterocycles. The maximum absolute atomic E-state index is 13.0. The van der Waals surface area contributed by atoms with Gasteiger partial charge in [0.1, 0.15) is 29.5 Å². The highest BCUT2D eigenvalue weighted by atomic mass is 16.6. The number of anilines is 3. The maximum atomic E-state index is 13.0. The minimum atomic E-state index is -0.940. The summed E-state index contributed by atoms with van der Waals surface area (Å²) in [5, 5.41) is 16.2. The lowest BCUT2D eigenvalue weighted by Gasteiger charge is -2.41. The first-order valence-electron chi connectivity index (χ1n) is 11.7. The minimum absolute atomic E-state index is 0.0803. The van der Waals surface area contributed by atoms with Crippen molar-refractivity contribution in [2.75, 3.05) is 28.9 Å². The first kappa shape index (κ1) is 22.1. The van der Waals surface area contributed by atoms with Crippen molar-refractivity contribution in [3.05, 3.63) is 106 Å². The lowest BCUT2D eigenvalue weighted by molar-refractivity contribution is -0.0840. The molecule has 1 aromatic heterocycles. The molecule has 9 nitrogen and oxygen atoms in total. The third kappa shape index (κ3) is 3.57. The number of aliphatic hydroxyl groups excluding tert-OH is 1. The Bertz CT molecular complexity index is 1430. The van der Waals surface area contributed by atoms with Gasteiger partial charge in [-0.15, -0.1) is 0 Å². The van der Waals surface area contributed by atoms with Crippen LogP contribution in [0.15, 0.2) is 83.7 Å². The molecule has 1 unspecified atom stereocenters. The molecule has 0 aliphatic carbocycles. The van der Waals surface area contributed by atoms with E-state index in [1.807, 2.05) is 78.9 Å². The van der Waals surface area contributed by atoms with Gasteiger partial charge in [-0.05, 0) is 24.6 Å². The molecule has 0 radical (unpaired) electrons. The number of fused-ring (bicyclic) bond motifs is 3. The van der Waals surface area contributed by atoms with Gasteiger partial charge in [-0.25, -0.2) is 0 Å². The van der Waals surface area contributed by atoms with E-state index in [1.165, 1.54) is 6.92 Å². The summed E-state index contributed by atoms with van der Waals surface area (Å²) < 4.78 is 11.6. The largest absolute Gasteiger partial charge is 0.457 e. The van der Waals surface area contributed by atoms with E-state index in [9.17, 15) is 9.90 Å². The monoisotopic (exact) mass is 483 g/mol. The minimum Gasteiger partial charge on any atom is -0.457 e. The number of aliphatic hydroxyl groups is 1. The van der Waals surface area contributed by atoms with E-state index in [1.54, 1.807) is 4.90 Å². The number of hydrogen-bond acceptors (Lipinski definition) is 8. The van der Waals surface area contributed by atoms with Crippen LogP contribution >= 0.6 is 0 Å². The van der Waals surface area contributed by atoms with Gasteiger partial charge in [0.2, 0.25) is 5.95 Å². The summed E-state index contributed by atoms with van der Waals surface area (Å²) >= 11 is 0. The van der Waals surface area contributed by atoms with Crippen LogP contribution in [-0.2, 0) is 10.3 Å². The number of benzene rings is 3. The second-order valence-electron chi connectivity index (χ2n) is 8.72. The molecule has 3 heterocycles. The number of aromatic amines is 1. The molecule has 0 spiro atoms. The first-order chi connectivity index (χ1) is 17.6. The van der Waals surface area contributed by atoms with Crippen molar-refractivity contribution in [1.82, 2.24) is 9.97 Å². The lowest BCUT2D eigenvalue weighted by Crippen LogP contribution is -2.41. The van der Waals surface area contributed by atoms with Crippen LogP contribution in [0.1, 0.15) is 23.6 Å². The molecular formula is C27H25N5O4. The highest BCUT2D eigenvalue weighted by Gasteiger charge is 2.44. The quantitative estimate of drug-likeness (QED) is 0.307. The molecule has 0 fully saturated rings. The summed E-state index contributed by atoms with van der Waals surface area (Å²) in [5.74, 6) is 2.16. The Balaban J connectivity index is 1.54. The van der Waals surface area contributed by atoms with Crippen molar-refractivity contribution in [1.29, 1.82) is 0 Å². The Labute approximate surface area is 207 Å². The van der Waals surface area contributed by atoms with Crippen LogP contribution in [0.5, 0.6) is 11.5 Å². The van der Waals surface area contributed by atoms with E-state index in [0.29, 0.717) is 35.6 Å². The molecule has 2 aliphatic heterocycles. The lowest BCUT2D eigenvalue weighted by atomic mass is 9.75. The van der Waals surface area contributed by atoms with Gasteiger partial charge in [0.05, 0.1) is 6.67 Å². The number of nitrogens with zero attached hydrogens (tertiary/aromatic N) is 2. The molecule has 4 aromatic rings. The third-order valence-electron chi connectivity index (χ3n) is 6.43. The molecular weight excluding hydrogens is 458 g/mol. The zero-order chi connectivity index (χ0) is 24.7. The van der Waals surface area contributed by atoms with Crippen LogP contribution < -0.4 is 25.8 Å².